The number of hydrogen-bond acceptors (Lipinski definition) is 3. The SMILES string of the molecule is CC(C)(C)OC(=O)c1ccc(-c2cn[nH]c2)cc1F. The van der Waals surface area contributed by atoms with Crippen molar-refractivity contribution in [3.8, 4) is 11.1 Å². The van der Waals surface area contributed by atoms with E-state index in [-0.39, 0.29) is 5.56 Å². The lowest BCUT2D eigenvalue weighted by molar-refractivity contribution is 0.00648. The van der Waals surface area contributed by atoms with Gasteiger partial charge in [-0.15, -0.1) is 0 Å². The monoisotopic (exact) mass is 262 g/mol. The van der Waals surface area contributed by atoms with Gasteiger partial charge in [-0.25, -0.2) is 9.18 Å². The van der Waals surface area contributed by atoms with Crippen molar-refractivity contribution in [3.05, 3.63) is 42.0 Å². The Morgan fingerprint density at radius 2 is 2.05 bits per heavy atom. The Morgan fingerprint density at radius 3 is 2.58 bits per heavy atom. The van der Waals surface area contributed by atoms with Crippen LogP contribution < -0.4 is 0 Å². The predicted octanol–water partition coefficient (Wildman–Crippen LogP) is 3.17. The van der Waals surface area contributed by atoms with Crippen molar-refractivity contribution in [2.75, 3.05) is 0 Å². The van der Waals surface area contributed by atoms with Crippen LogP contribution in [0.3, 0.4) is 0 Å². The number of nitrogens with zero attached hydrogens (tertiary/aromatic N) is 1. The van der Waals surface area contributed by atoms with Gasteiger partial charge in [0.15, 0.2) is 0 Å². The molecule has 1 N–H and O–H groups in total. The van der Waals surface area contributed by atoms with Crippen molar-refractivity contribution in [3.63, 3.8) is 0 Å². The Hall–Kier alpha value is -2.17. The first-order valence-corrected chi connectivity index (χ1v) is 5.89. The second kappa shape index (κ2) is 4.84. The van der Waals surface area contributed by atoms with E-state index in [0.717, 1.165) is 5.56 Å². The number of H-pyrrole nitrogens is 1. The molecule has 0 bridgehead atoms. The standard InChI is InChI=1S/C14H15FN2O2/c1-14(2,3)19-13(18)11-5-4-9(6-12(11)15)10-7-16-17-8-10/h4-8H,1-3H3,(H,16,17). The number of hydrogen-bond donors (Lipinski definition) is 1. The van der Waals surface area contributed by atoms with Crippen molar-refractivity contribution < 1.29 is 13.9 Å². The molecular formula is C14H15FN2O2. The molecule has 0 radical (unpaired) electrons. The Balaban J connectivity index is 2.27. The highest BCUT2D eigenvalue weighted by Crippen LogP contribution is 2.22. The van der Waals surface area contributed by atoms with Crippen LogP contribution in [-0.2, 0) is 4.74 Å². The molecule has 0 saturated heterocycles. The minimum atomic E-state index is -0.663. The molecule has 4 nitrogen and oxygen atoms in total. The molecule has 0 spiro atoms. The maximum Gasteiger partial charge on any atom is 0.341 e. The average Bonchev–Trinajstić information content (AvgIpc) is 2.79. The lowest BCUT2D eigenvalue weighted by Gasteiger charge is -2.19. The molecule has 0 aliphatic rings. The van der Waals surface area contributed by atoms with E-state index in [1.807, 2.05) is 0 Å². The summed E-state index contributed by atoms with van der Waals surface area (Å²) in [4.78, 5) is 11.8. The summed E-state index contributed by atoms with van der Waals surface area (Å²) in [6.45, 7) is 5.22. The number of halogens is 1. The van der Waals surface area contributed by atoms with E-state index in [0.29, 0.717) is 5.56 Å². The highest BCUT2D eigenvalue weighted by molar-refractivity contribution is 5.90. The number of rotatable bonds is 2. The van der Waals surface area contributed by atoms with Crippen molar-refractivity contribution in [1.82, 2.24) is 10.2 Å². The average molecular weight is 262 g/mol. The Labute approximate surface area is 110 Å². The van der Waals surface area contributed by atoms with E-state index in [2.05, 4.69) is 10.2 Å². The summed E-state index contributed by atoms with van der Waals surface area (Å²) in [5, 5.41) is 6.45. The van der Waals surface area contributed by atoms with Crippen LogP contribution in [0, 0.1) is 5.82 Å². The molecule has 0 unspecified atom stereocenters. The Morgan fingerprint density at radius 1 is 1.32 bits per heavy atom. The summed E-state index contributed by atoms with van der Waals surface area (Å²) in [5.41, 5.74) is 0.697. The van der Waals surface area contributed by atoms with E-state index in [9.17, 15) is 9.18 Å². The van der Waals surface area contributed by atoms with E-state index < -0.39 is 17.4 Å². The molecular weight excluding hydrogens is 247 g/mol. The number of benzene rings is 1. The normalized spacial score (nSPS) is 11.4. The first-order valence-electron chi connectivity index (χ1n) is 5.89. The molecule has 2 rings (SSSR count). The van der Waals surface area contributed by atoms with Crippen molar-refractivity contribution in [2.45, 2.75) is 26.4 Å². The second-order valence-corrected chi connectivity index (χ2v) is 5.18. The molecule has 0 atom stereocenters. The zero-order valence-electron chi connectivity index (χ0n) is 11.0. The van der Waals surface area contributed by atoms with Crippen LogP contribution in [0.15, 0.2) is 30.6 Å². The number of aromatic amines is 1. The number of nitrogens with one attached hydrogen (secondary N) is 1. The summed E-state index contributed by atoms with van der Waals surface area (Å²) in [7, 11) is 0. The van der Waals surface area contributed by atoms with Gasteiger partial charge >= 0.3 is 5.97 Å². The molecule has 0 fully saturated rings. The fourth-order valence-electron chi connectivity index (χ4n) is 1.60. The lowest BCUT2D eigenvalue weighted by atomic mass is 10.1. The number of aromatic nitrogens is 2. The number of carbonyl (C=O) groups excluding carboxylic acids is 1. The first-order chi connectivity index (χ1) is 8.87. The molecule has 0 aliphatic heterocycles. The maximum absolute atomic E-state index is 13.9. The molecule has 2 aromatic rings. The van der Waals surface area contributed by atoms with Gasteiger partial charge in [-0.05, 0) is 38.5 Å². The van der Waals surface area contributed by atoms with Crippen LogP contribution in [0.25, 0.3) is 11.1 Å². The van der Waals surface area contributed by atoms with E-state index in [1.54, 1.807) is 39.2 Å². The fraction of sp³-hybridized carbons (Fsp3) is 0.286. The summed E-state index contributed by atoms with van der Waals surface area (Å²) < 4.78 is 19.1. The largest absolute Gasteiger partial charge is 0.456 e. The van der Waals surface area contributed by atoms with Gasteiger partial charge in [-0.2, -0.15) is 5.10 Å². The van der Waals surface area contributed by atoms with Crippen LogP contribution in [0.4, 0.5) is 4.39 Å². The molecule has 1 aromatic carbocycles. The Kier molecular flexibility index (Phi) is 3.38. The highest BCUT2D eigenvalue weighted by atomic mass is 19.1. The van der Waals surface area contributed by atoms with Gasteiger partial charge in [0.1, 0.15) is 11.4 Å². The van der Waals surface area contributed by atoms with Gasteiger partial charge in [0.25, 0.3) is 0 Å². The molecule has 0 aliphatic carbocycles. The van der Waals surface area contributed by atoms with Gasteiger partial charge in [-0.3, -0.25) is 5.10 Å². The second-order valence-electron chi connectivity index (χ2n) is 5.18. The van der Waals surface area contributed by atoms with Crippen molar-refractivity contribution in [1.29, 1.82) is 0 Å². The topological polar surface area (TPSA) is 55.0 Å². The molecule has 0 saturated carbocycles. The van der Waals surface area contributed by atoms with Crippen LogP contribution in [0.5, 0.6) is 0 Å². The minimum absolute atomic E-state index is 0.0674. The summed E-state index contributed by atoms with van der Waals surface area (Å²) >= 11 is 0. The third-order valence-corrected chi connectivity index (χ3v) is 2.42. The third kappa shape index (κ3) is 3.19. The smallest absolute Gasteiger partial charge is 0.341 e. The quantitative estimate of drug-likeness (QED) is 0.846. The first kappa shape index (κ1) is 13.3. The highest BCUT2D eigenvalue weighted by Gasteiger charge is 2.20. The van der Waals surface area contributed by atoms with E-state index >= 15 is 0 Å². The summed E-state index contributed by atoms with van der Waals surface area (Å²) in [6.07, 6.45) is 3.24. The van der Waals surface area contributed by atoms with Gasteiger partial charge in [0.05, 0.1) is 11.8 Å². The lowest BCUT2D eigenvalue weighted by Crippen LogP contribution is -2.24. The summed E-state index contributed by atoms with van der Waals surface area (Å²) in [6, 6.07) is 4.38. The van der Waals surface area contributed by atoms with Crippen LogP contribution >= 0.6 is 0 Å². The predicted molar refractivity (Wildman–Crippen MR) is 69.2 cm³/mol. The molecule has 100 valence electrons. The van der Waals surface area contributed by atoms with Crippen LogP contribution in [-0.4, -0.2) is 21.8 Å². The molecule has 0 amide bonds. The zero-order valence-corrected chi connectivity index (χ0v) is 11.0. The Bertz CT molecular complexity index is 586. The number of esters is 1. The third-order valence-electron chi connectivity index (χ3n) is 2.42. The maximum atomic E-state index is 13.9. The van der Waals surface area contributed by atoms with Crippen LogP contribution in [0.1, 0.15) is 31.1 Å². The van der Waals surface area contributed by atoms with Gasteiger partial charge in [0.2, 0.25) is 0 Å². The van der Waals surface area contributed by atoms with E-state index in [4.69, 9.17) is 4.74 Å². The molecule has 5 heteroatoms. The fourth-order valence-corrected chi connectivity index (χ4v) is 1.60. The molecule has 19 heavy (non-hydrogen) atoms. The number of carbonyl (C=O) groups is 1. The van der Waals surface area contributed by atoms with Crippen LogP contribution in [0.2, 0.25) is 0 Å². The van der Waals surface area contributed by atoms with Crippen molar-refractivity contribution >= 4 is 5.97 Å². The summed E-state index contributed by atoms with van der Waals surface area (Å²) in [5.74, 6) is -1.27. The van der Waals surface area contributed by atoms with Crippen molar-refractivity contribution in [2.24, 2.45) is 0 Å². The zero-order chi connectivity index (χ0) is 14.0. The molecule has 1 aromatic heterocycles. The van der Waals surface area contributed by atoms with Gasteiger partial charge in [-0.1, -0.05) is 6.07 Å². The minimum Gasteiger partial charge on any atom is -0.456 e. The van der Waals surface area contributed by atoms with E-state index in [1.165, 1.54) is 12.1 Å². The van der Waals surface area contributed by atoms with Gasteiger partial charge < -0.3 is 4.74 Å². The van der Waals surface area contributed by atoms with Gasteiger partial charge in [0, 0.05) is 11.8 Å². The number of ether oxygens (including phenoxy) is 1. The molecule has 1 heterocycles.